The number of aromatic hydroxyl groups is 1. The molecule has 0 bridgehead atoms. The summed E-state index contributed by atoms with van der Waals surface area (Å²) >= 11 is 0. The van der Waals surface area contributed by atoms with Crippen LogP contribution in [-0.2, 0) is 24.0 Å². The zero-order valence-electron chi connectivity index (χ0n) is 16.0. The summed E-state index contributed by atoms with van der Waals surface area (Å²) in [6, 6.07) is 4.64. The van der Waals surface area contributed by atoms with Gasteiger partial charge >= 0.3 is 11.9 Å². The smallest absolute Gasteiger partial charge is 0.349 e. The molecule has 0 saturated carbocycles. The summed E-state index contributed by atoms with van der Waals surface area (Å²) in [6.07, 6.45) is 0.0632. The first-order valence-corrected chi connectivity index (χ1v) is 8.65. The number of ether oxygens (including phenoxy) is 1. The highest BCUT2D eigenvalue weighted by molar-refractivity contribution is 6.01. The molecule has 2 N–H and O–H groups in total. The molecule has 148 valence electrons. The number of carbonyl (C=O) groups excluding carboxylic acids is 4. The molecule has 0 saturated heterocycles. The van der Waals surface area contributed by atoms with Gasteiger partial charge in [0.15, 0.2) is 11.2 Å². The summed E-state index contributed by atoms with van der Waals surface area (Å²) in [7, 11) is 0. The van der Waals surface area contributed by atoms with E-state index in [0.717, 1.165) is 12.5 Å². The maximum atomic E-state index is 12.5. The summed E-state index contributed by atoms with van der Waals surface area (Å²) in [5.41, 5.74) is 1.29. The molecule has 0 aliphatic rings. The first kappa shape index (κ1) is 22.1. The van der Waals surface area contributed by atoms with Crippen molar-refractivity contribution in [3.63, 3.8) is 0 Å². The summed E-state index contributed by atoms with van der Waals surface area (Å²) < 4.78 is 5.12. The number of carbonyl (C=O) groups is 4. The molecule has 0 atom stereocenters. The summed E-state index contributed by atoms with van der Waals surface area (Å²) in [4.78, 5) is 52.5. The van der Waals surface area contributed by atoms with E-state index in [1.807, 2.05) is 5.48 Å². The number of benzene rings is 1. The van der Waals surface area contributed by atoms with Crippen molar-refractivity contribution in [1.82, 2.24) is 5.48 Å². The van der Waals surface area contributed by atoms with E-state index in [1.165, 1.54) is 6.07 Å². The van der Waals surface area contributed by atoms with Crippen LogP contribution in [0.1, 0.15) is 56.0 Å². The Morgan fingerprint density at radius 1 is 1.11 bits per heavy atom. The maximum Gasteiger partial charge on any atom is 0.349 e. The van der Waals surface area contributed by atoms with Crippen molar-refractivity contribution in [2.24, 2.45) is 5.41 Å². The lowest BCUT2D eigenvalue weighted by Crippen LogP contribution is -2.44. The van der Waals surface area contributed by atoms with Crippen molar-refractivity contribution in [3.8, 4) is 5.75 Å². The quantitative estimate of drug-likeness (QED) is 0.308. The second kappa shape index (κ2) is 9.70. The van der Waals surface area contributed by atoms with E-state index in [0.29, 0.717) is 0 Å². The molecule has 27 heavy (non-hydrogen) atoms. The molecule has 1 amide bonds. The normalized spacial score (nSPS) is 10.8. The van der Waals surface area contributed by atoms with Gasteiger partial charge in [0, 0.05) is 13.3 Å². The van der Waals surface area contributed by atoms with Crippen molar-refractivity contribution in [2.75, 3.05) is 6.61 Å². The highest BCUT2D eigenvalue weighted by atomic mass is 16.7. The van der Waals surface area contributed by atoms with Gasteiger partial charge in [-0.25, -0.2) is 4.79 Å². The molecular formula is C19H25NO7. The molecule has 1 aromatic carbocycles. The van der Waals surface area contributed by atoms with Crippen molar-refractivity contribution in [1.29, 1.82) is 0 Å². The number of Topliss-reactive ketones (excluding diaryl/α,β-unsaturated/α-hetero) is 1. The molecule has 1 rings (SSSR count). The molecule has 0 aromatic heterocycles. The zero-order valence-corrected chi connectivity index (χ0v) is 16.0. The van der Waals surface area contributed by atoms with Gasteiger partial charge in [-0.15, -0.1) is 0 Å². The van der Waals surface area contributed by atoms with E-state index in [2.05, 4.69) is 4.84 Å². The van der Waals surface area contributed by atoms with Gasteiger partial charge in [-0.05, 0) is 31.9 Å². The fourth-order valence-electron chi connectivity index (χ4n) is 2.51. The Labute approximate surface area is 157 Å². The zero-order chi connectivity index (χ0) is 20.6. The molecule has 0 aliphatic carbocycles. The van der Waals surface area contributed by atoms with E-state index in [4.69, 9.17) is 4.74 Å². The number of amides is 1. The van der Waals surface area contributed by atoms with E-state index in [-0.39, 0.29) is 43.0 Å². The predicted octanol–water partition coefficient (Wildman–Crippen LogP) is 2.22. The second-order valence-electron chi connectivity index (χ2n) is 6.17. The van der Waals surface area contributed by atoms with E-state index in [9.17, 15) is 24.3 Å². The minimum atomic E-state index is -1.57. The van der Waals surface area contributed by atoms with Crippen LogP contribution in [0.15, 0.2) is 18.2 Å². The Morgan fingerprint density at radius 2 is 1.74 bits per heavy atom. The summed E-state index contributed by atoms with van der Waals surface area (Å²) in [5.74, 6) is -2.86. The Bertz CT molecular complexity index is 723. The molecular weight excluding hydrogens is 354 g/mol. The lowest BCUT2D eigenvalue weighted by Gasteiger charge is -2.26. The maximum absolute atomic E-state index is 12.5. The third kappa shape index (κ3) is 5.54. The molecule has 0 spiro atoms. The number of esters is 1. The van der Waals surface area contributed by atoms with E-state index in [1.54, 1.807) is 32.9 Å². The molecule has 0 heterocycles. The van der Waals surface area contributed by atoms with Gasteiger partial charge in [0.05, 0.1) is 12.2 Å². The fourth-order valence-corrected chi connectivity index (χ4v) is 2.51. The minimum Gasteiger partial charge on any atom is -0.507 e. The summed E-state index contributed by atoms with van der Waals surface area (Å²) in [5, 5.41) is 9.77. The number of phenolic OH excluding ortho intramolecular Hbond substituents is 1. The number of phenols is 1. The van der Waals surface area contributed by atoms with Crippen LogP contribution in [0.25, 0.3) is 0 Å². The lowest BCUT2D eigenvalue weighted by molar-refractivity contribution is -0.180. The Balaban J connectivity index is 2.74. The van der Waals surface area contributed by atoms with Crippen LogP contribution in [0.5, 0.6) is 5.75 Å². The number of rotatable bonds is 8. The van der Waals surface area contributed by atoms with Crippen molar-refractivity contribution in [3.05, 3.63) is 29.3 Å². The average Bonchev–Trinajstić information content (AvgIpc) is 2.63. The van der Waals surface area contributed by atoms with Gasteiger partial charge < -0.3 is 14.7 Å². The third-order valence-electron chi connectivity index (χ3n) is 4.29. The first-order chi connectivity index (χ1) is 12.7. The largest absolute Gasteiger partial charge is 0.507 e. The van der Waals surface area contributed by atoms with Gasteiger partial charge in [-0.1, -0.05) is 25.5 Å². The number of hydroxylamine groups is 1. The van der Waals surface area contributed by atoms with Crippen LogP contribution < -0.4 is 5.48 Å². The highest BCUT2D eigenvalue weighted by Crippen LogP contribution is 2.30. The van der Waals surface area contributed by atoms with Gasteiger partial charge in [0.2, 0.25) is 5.91 Å². The number of aryl methyl sites for hydroxylation is 1. The fraction of sp³-hybridized carbons (Fsp3) is 0.474. The molecule has 0 radical (unpaired) electrons. The average molecular weight is 379 g/mol. The number of hydrogen-bond acceptors (Lipinski definition) is 7. The summed E-state index contributed by atoms with van der Waals surface area (Å²) in [6.45, 7) is 5.94. The minimum absolute atomic E-state index is 0.105. The van der Waals surface area contributed by atoms with Crippen LogP contribution in [0, 0.1) is 12.3 Å². The highest BCUT2D eigenvalue weighted by Gasteiger charge is 2.46. The van der Waals surface area contributed by atoms with Crippen molar-refractivity contribution < 1.29 is 33.9 Å². The van der Waals surface area contributed by atoms with E-state index < -0.39 is 23.3 Å². The Morgan fingerprint density at radius 3 is 2.30 bits per heavy atom. The Kier molecular flexibility index (Phi) is 7.96. The number of hydrogen-bond donors (Lipinski definition) is 2. The van der Waals surface area contributed by atoms with E-state index >= 15 is 0 Å². The van der Waals surface area contributed by atoms with Gasteiger partial charge in [-0.2, -0.15) is 5.48 Å². The first-order valence-electron chi connectivity index (χ1n) is 8.65. The number of nitrogens with one attached hydrogen (secondary N) is 1. The molecule has 0 aliphatic heterocycles. The van der Waals surface area contributed by atoms with Crippen molar-refractivity contribution >= 4 is 23.6 Å². The van der Waals surface area contributed by atoms with Gasteiger partial charge in [0.25, 0.3) is 0 Å². The Hall–Kier alpha value is -2.90. The molecule has 0 fully saturated rings. The van der Waals surface area contributed by atoms with Gasteiger partial charge in [0.1, 0.15) is 5.75 Å². The third-order valence-corrected chi connectivity index (χ3v) is 4.29. The topological polar surface area (TPSA) is 119 Å². The van der Waals surface area contributed by atoms with Crippen molar-refractivity contribution in [2.45, 2.75) is 47.0 Å². The van der Waals surface area contributed by atoms with Crippen LogP contribution in [0.3, 0.4) is 0 Å². The molecule has 8 heteroatoms. The predicted molar refractivity (Wildman–Crippen MR) is 95.7 cm³/mol. The van der Waals surface area contributed by atoms with Gasteiger partial charge in [-0.3, -0.25) is 14.4 Å². The molecule has 8 nitrogen and oxygen atoms in total. The van der Waals surface area contributed by atoms with Crippen LogP contribution in [0.2, 0.25) is 0 Å². The lowest BCUT2D eigenvalue weighted by atomic mass is 9.82. The van der Waals surface area contributed by atoms with Crippen LogP contribution in [0.4, 0.5) is 0 Å². The number of ketones is 1. The molecule has 0 unspecified atom stereocenters. The SMILES string of the molecule is CCC(CC)(C(=O)OCCC(=O)c1cc(C)ccc1O)C(=O)ONC(C)=O. The standard InChI is InChI=1S/C19H25NO7/c1-5-19(6-2,18(25)27-20-13(4)21)17(24)26-10-9-16(23)14-11-12(3)7-8-15(14)22/h7-8,11,22H,5-6,9-10H2,1-4H3,(H,20,21). The molecule has 1 aromatic rings. The second-order valence-corrected chi connectivity index (χ2v) is 6.17. The van der Waals surface area contributed by atoms with Crippen LogP contribution in [-0.4, -0.2) is 35.3 Å². The monoisotopic (exact) mass is 379 g/mol. The van der Waals surface area contributed by atoms with Crippen LogP contribution >= 0.6 is 0 Å².